The van der Waals surface area contributed by atoms with Gasteiger partial charge in [-0.05, 0) is 30.8 Å². The Balaban J connectivity index is 2.22. The molecule has 1 amide bonds. The van der Waals surface area contributed by atoms with Crippen LogP contribution < -0.4 is 0 Å². The number of hydrogen-bond acceptors (Lipinski definition) is 5. The minimum absolute atomic E-state index is 0.220. The Morgan fingerprint density at radius 1 is 1.41 bits per heavy atom. The molecular formula is C13H18F3N3O2S. The number of alkyl halides is 3. The molecule has 1 aromatic rings. The second-order valence-corrected chi connectivity index (χ2v) is 5.94. The Labute approximate surface area is 130 Å². The van der Waals surface area contributed by atoms with Crippen molar-refractivity contribution in [2.75, 3.05) is 19.8 Å². The molecule has 0 spiro atoms. The average Bonchev–Trinajstić information content (AvgIpc) is 2.93. The average molecular weight is 337 g/mol. The third-order valence-corrected chi connectivity index (χ3v) is 4.24. The fraction of sp³-hybridized carbons (Fsp3) is 0.769. The van der Waals surface area contributed by atoms with Gasteiger partial charge in [-0.3, -0.25) is 4.79 Å². The van der Waals surface area contributed by atoms with Gasteiger partial charge in [0, 0.05) is 19.3 Å². The number of amides is 1. The van der Waals surface area contributed by atoms with Crippen molar-refractivity contribution in [1.29, 1.82) is 0 Å². The third-order valence-electron chi connectivity index (χ3n) is 3.48. The molecule has 1 aliphatic rings. The highest BCUT2D eigenvalue weighted by molar-refractivity contribution is 7.08. The molecule has 22 heavy (non-hydrogen) atoms. The molecule has 124 valence electrons. The quantitative estimate of drug-likeness (QED) is 0.829. The van der Waals surface area contributed by atoms with Gasteiger partial charge in [0.2, 0.25) is 0 Å². The van der Waals surface area contributed by atoms with Gasteiger partial charge in [0.15, 0.2) is 0 Å². The predicted octanol–water partition coefficient (Wildman–Crippen LogP) is 2.67. The summed E-state index contributed by atoms with van der Waals surface area (Å²) < 4.78 is 47.5. The Kier molecular flexibility index (Phi) is 5.74. The fourth-order valence-electron chi connectivity index (χ4n) is 2.46. The van der Waals surface area contributed by atoms with Crippen LogP contribution in [0.4, 0.5) is 13.2 Å². The number of carbonyl (C=O) groups is 1. The molecule has 1 aromatic heterocycles. The zero-order valence-corrected chi connectivity index (χ0v) is 13.0. The summed E-state index contributed by atoms with van der Waals surface area (Å²) in [6.07, 6.45) is -2.32. The van der Waals surface area contributed by atoms with E-state index in [0.29, 0.717) is 38.2 Å². The molecule has 0 N–H and O–H groups in total. The van der Waals surface area contributed by atoms with Gasteiger partial charge in [-0.15, -0.1) is 5.10 Å². The zero-order valence-electron chi connectivity index (χ0n) is 12.2. The van der Waals surface area contributed by atoms with Gasteiger partial charge in [-0.1, -0.05) is 17.8 Å². The lowest BCUT2D eigenvalue weighted by Gasteiger charge is -2.34. The lowest BCUT2D eigenvalue weighted by Crippen LogP contribution is -2.47. The molecule has 0 aromatic carbocycles. The maximum atomic E-state index is 12.9. The second kappa shape index (κ2) is 7.36. The molecule has 0 unspecified atom stereocenters. The first-order chi connectivity index (χ1) is 10.4. The van der Waals surface area contributed by atoms with Crippen molar-refractivity contribution in [3.8, 4) is 0 Å². The summed E-state index contributed by atoms with van der Waals surface area (Å²) in [6.45, 7) is 1.41. The number of halogens is 3. The lowest BCUT2D eigenvalue weighted by atomic mass is 10.1. The van der Waals surface area contributed by atoms with Crippen molar-refractivity contribution in [2.45, 2.75) is 44.8 Å². The molecule has 0 bridgehead atoms. The van der Waals surface area contributed by atoms with E-state index in [1.54, 1.807) is 0 Å². The monoisotopic (exact) mass is 337 g/mol. The molecule has 5 nitrogen and oxygen atoms in total. The van der Waals surface area contributed by atoms with Crippen molar-refractivity contribution in [3.05, 3.63) is 10.6 Å². The van der Waals surface area contributed by atoms with Crippen molar-refractivity contribution >= 4 is 17.4 Å². The number of carbonyl (C=O) groups excluding carboxylic acids is 1. The van der Waals surface area contributed by atoms with Gasteiger partial charge in [-0.2, -0.15) is 13.2 Å². The number of ether oxygens (including phenoxy) is 1. The Morgan fingerprint density at radius 3 is 2.68 bits per heavy atom. The molecule has 2 rings (SSSR count). The van der Waals surface area contributed by atoms with Crippen molar-refractivity contribution in [2.24, 2.45) is 0 Å². The van der Waals surface area contributed by atoms with Gasteiger partial charge in [0.25, 0.3) is 5.91 Å². The topological polar surface area (TPSA) is 55.3 Å². The van der Waals surface area contributed by atoms with Crippen LogP contribution in [0.2, 0.25) is 0 Å². The first kappa shape index (κ1) is 17.1. The van der Waals surface area contributed by atoms with Crippen LogP contribution >= 0.6 is 11.5 Å². The van der Waals surface area contributed by atoms with Gasteiger partial charge in [0.1, 0.15) is 11.4 Å². The first-order valence-electron chi connectivity index (χ1n) is 7.19. The second-order valence-electron chi connectivity index (χ2n) is 5.19. The fourth-order valence-corrected chi connectivity index (χ4v) is 3.12. The van der Waals surface area contributed by atoms with E-state index in [0.717, 1.165) is 22.9 Å². The van der Waals surface area contributed by atoms with Gasteiger partial charge < -0.3 is 9.64 Å². The van der Waals surface area contributed by atoms with E-state index >= 15 is 0 Å². The van der Waals surface area contributed by atoms with Crippen molar-refractivity contribution in [1.82, 2.24) is 14.5 Å². The minimum atomic E-state index is -4.43. The SMILES string of the molecule is CCCc1nnsc1C(=O)N(CC(F)(F)F)C1CCOCC1. The molecule has 1 aliphatic heterocycles. The molecule has 0 saturated carbocycles. The maximum Gasteiger partial charge on any atom is 0.406 e. The molecule has 1 fully saturated rings. The van der Waals surface area contributed by atoms with Crippen LogP contribution in [-0.2, 0) is 11.2 Å². The van der Waals surface area contributed by atoms with E-state index in [9.17, 15) is 18.0 Å². The number of aryl methyl sites for hydroxylation is 1. The molecule has 9 heteroatoms. The summed E-state index contributed by atoms with van der Waals surface area (Å²) in [5.74, 6) is -0.623. The minimum Gasteiger partial charge on any atom is -0.381 e. The van der Waals surface area contributed by atoms with Crippen LogP contribution in [0.5, 0.6) is 0 Å². The van der Waals surface area contributed by atoms with Crippen LogP contribution in [0.15, 0.2) is 0 Å². The third kappa shape index (κ3) is 4.39. The zero-order chi connectivity index (χ0) is 16.2. The molecule has 2 heterocycles. The van der Waals surface area contributed by atoms with Gasteiger partial charge in [0.05, 0.1) is 5.69 Å². The summed E-state index contributed by atoms with van der Waals surface area (Å²) in [4.78, 5) is 13.7. The standard InChI is InChI=1S/C13H18F3N3O2S/c1-2-3-10-11(22-18-17-10)12(20)19(8-13(14,15)16)9-4-6-21-7-5-9/h9H,2-8H2,1H3. The molecular weight excluding hydrogens is 319 g/mol. The number of hydrogen-bond donors (Lipinski definition) is 0. The molecule has 0 atom stereocenters. The van der Waals surface area contributed by atoms with Gasteiger partial charge in [-0.25, -0.2) is 0 Å². The number of aromatic nitrogens is 2. The van der Waals surface area contributed by atoms with E-state index in [1.807, 2.05) is 6.92 Å². The summed E-state index contributed by atoms with van der Waals surface area (Å²) >= 11 is 0.865. The highest BCUT2D eigenvalue weighted by Crippen LogP contribution is 2.26. The highest BCUT2D eigenvalue weighted by Gasteiger charge is 2.38. The van der Waals surface area contributed by atoms with Crippen LogP contribution in [0, 0.1) is 0 Å². The summed E-state index contributed by atoms with van der Waals surface area (Å²) in [7, 11) is 0. The van der Waals surface area contributed by atoms with Gasteiger partial charge >= 0.3 is 6.18 Å². The van der Waals surface area contributed by atoms with E-state index in [1.165, 1.54) is 0 Å². The molecule has 1 saturated heterocycles. The first-order valence-corrected chi connectivity index (χ1v) is 7.96. The van der Waals surface area contributed by atoms with Crippen LogP contribution in [0.25, 0.3) is 0 Å². The summed E-state index contributed by atoms with van der Waals surface area (Å²) in [5.41, 5.74) is 0.483. The lowest BCUT2D eigenvalue weighted by molar-refractivity contribution is -0.147. The number of nitrogens with zero attached hydrogens (tertiary/aromatic N) is 3. The smallest absolute Gasteiger partial charge is 0.381 e. The summed E-state index contributed by atoms with van der Waals surface area (Å²) in [6, 6.07) is -0.459. The number of rotatable bonds is 5. The summed E-state index contributed by atoms with van der Waals surface area (Å²) in [5, 5.41) is 3.87. The Morgan fingerprint density at radius 2 is 2.09 bits per heavy atom. The van der Waals surface area contributed by atoms with E-state index in [2.05, 4.69) is 9.59 Å². The highest BCUT2D eigenvalue weighted by atomic mass is 32.1. The molecule has 0 aliphatic carbocycles. The normalized spacial score (nSPS) is 16.7. The van der Waals surface area contributed by atoms with Crippen molar-refractivity contribution in [3.63, 3.8) is 0 Å². The molecule has 0 radical (unpaired) electrons. The van der Waals surface area contributed by atoms with E-state index in [4.69, 9.17) is 4.74 Å². The van der Waals surface area contributed by atoms with Crippen molar-refractivity contribution < 1.29 is 22.7 Å². The van der Waals surface area contributed by atoms with Crippen LogP contribution in [0.3, 0.4) is 0 Å². The van der Waals surface area contributed by atoms with E-state index in [-0.39, 0.29) is 4.88 Å². The Bertz CT molecular complexity index is 501. The Hall–Kier alpha value is -1.22. The maximum absolute atomic E-state index is 12.9. The van der Waals surface area contributed by atoms with Crippen LogP contribution in [-0.4, -0.2) is 52.4 Å². The predicted molar refractivity (Wildman–Crippen MR) is 74.8 cm³/mol. The largest absolute Gasteiger partial charge is 0.406 e. The van der Waals surface area contributed by atoms with E-state index < -0.39 is 24.7 Å². The van der Waals surface area contributed by atoms with Crippen LogP contribution in [0.1, 0.15) is 41.6 Å².